The molecule has 2 aliphatic rings. The van der Waals surface area contributed by atoms with Gasteiger partial charge in [0.25, 0.3) is 0 Å². The molecule has 3 heteroatoms. The summed E-state index contributed by atoms with van der Waals surface area (Å²) < 4.78 is 0. The Morgan fingerprint density at radius 2 is 1.94 bits per heavy atom. The number of nitrogens with one attached hydrogen (secondary N) is 1. The molecule has 0 amide bonds. The molecule has 0 spiro atoms. The zero-order chi connectivity index (χ0) is 11.2. The fourth-order valence-corrected chi connectivity index (χ4v) is 2.95. The normalized spacial score (nSPS) is 31.4. The molecule has 0 aromatic heterocycles. The van der Waals surface area contributed by atoms with Crippen LogP contribution in [0.1, 0.15) is 38.5 Å². The Morgan fingerprint density at radius 3 is 2.69 bits per heavy atom. The number of hydrogen-bond donors (Lipinski definition) is 1. The van der Waals surface area contributed by atoms with Crippen LogP contribution in [-0.4, -0.2) is 37.1 Å². The quantitative estimate of drug-likeness (QED) is 0.786. The van der Waals surface area contributed by atoms with Gasteiger partial charge in [0.1, 0.15) is 0 Å². The van der Waals surface area contributed by atoms with Crippen molar-refractivity contribution in [2.24, 2.45) is 5.92 Å². The van der Waals surface area contributed by atoms with Gasteiger partial charge in [-0.05, 0) is 38.8 Å². The lowest BCUT2D eigenvalue weighted by Gasteiger charge is -2.27. The van der Waals surface area contributed by atoms with Crippen molar-refractivity contribution in [3.8, 4) is 6.07 Å². The fourth-order valence-electron chi connectivity index (χ4n) is 2.95. The lowest BCUT2D eigenvalue weighted by atomic mass is 10.1. The topological polar surface area (TPSA) is 39.1 Å². The van der Waals surface area contributed by atoms with E-state index < -0.39 is 0 Å². The zero-order valence-corrected chi connectivity index (χ0v) is 10.1. The van der Waals surface area contributed by atoms with Gasteiger partial charge in [-0.1, -0.05) is 12.8 Å². The minimum Gasteiger partial charge on any atom is -0.311 e. The van der Waals surface area contributed by atoms with Crippen molar-refractivity contribution in [3.05, 3.63) is 0 Å². The van der Waals surface area contributed by atoms with Gasteiger partial charge in [-0.2, -0.15) is 5.26 Å². The third-order valence-corrected chi connectivity index (χ3v) is 3.97. The summed E-state index contributed by atoms with van der Waals surface area (Å²) in [5.74, 6) is 0.265. The van der Waals surface area contributed by atoms with Gasteiger partial charge in [-0.15, -0.1) is 0 Å². The molecular weight excluding hydrogens is 198 g/mol. The summed E-state index contributed by atoms with van der Waals surface area (Å²) in [5.41, 5.74) is 0. The lowest BCUT2D eigenvalue weighted by Crippen LogP contribution is -2.40. The smallest absolute Gasteiger partial charge is 0.0672 e. The third-order valence-electron chi connectivity index (χ3n) is 3.97. The van der Waals surface area contributed by atoms with Crippen molar-refractivity contribution in [3.63, 3.8) is 0 Å². The van der Waals surface area contributed by atoms with Crippen LogP contribution < -0.4 is 5.32 Å². The van der Waals surface area contributed by atoms with Crippen LogP contribution in [-0.2, 0) is 0 Å². The molecule has 2 unspecified atom stereocenters. The van der Waals surface area contributed by atoms with Crippen LogP contribution in [0.15, 0.2) is 0 Å². The van der Waals surface area contributed by atoms with Crippen molar-refractivity contribution in [1.29, 1.82) is 5.26 Å². The molecule has 3 nitrogen and oxygen atoms in total. The molecule has 1 aliphatic carbocycles. The van der Waals surface area contributed by atoms with Crippen LogP contribution in [0.25, 0.3) is 0 Å². The van der Waals surface area contributed by atoms with Crippen LogP contribution in [0, 0.1) is 17.2 Å². The van der Waals surface area contributed by atoms with Gasteiger partial charge in [0.05, 0.1) is 12.0 Å². The summed E-state index contributed by atoms with van der Waals surface area (Å²) in [6.45, 7) is 4.76. The van der Waals surface area contributed by atoms with E-state index in [9.17, 15) is 0 Å². The molecule has 1 saturated carbocycles. The average molecular weight is 221 g/mol. The van der Waals surface area contributed by atoms with Gasteiger partial charge in [0.2, 0.25) is 0 Å². The van der Waals surface area contributed by atoms with Crippen molar-refractivity contribution in [2.75, 3.05) is 26.2 Å². The first-order chi connectivity index (χ1) is 7.90. The molecule has 16 heavy (non-hydrogen) atoms. The lowest BCUT2D eigenvalue weighted by molar-refractivity contribution is 0.225. The highest BCUT2D eigenvalue weighted by atomic mass is 15.1. The Morgan fingerprint density at radius 1 is 1.12 bits per heavy atom. The van der Waals surface area contributed by atoms with Gasteiger partial charge in [0.15, 0.2) is 0 Å². The Kier molecular flexibility index (Phi) is 4.62. The monoisotopic (exact) mass is 221 g/mol. The van der Waals surface area contributed by atoms with Crippen molar-refractivity contribution >= 4 is 0 Å². The number of hydrogen-bond acceptors (Lipinski definition) is 3. The number of rotatable bonds is 4. The second-order valence-corrected chi connectivity index (χ2v) is 5.13. The van der Waals surface area contributed by atoms with Crippen molar-refractivity contribution in [1.82, 2.24) is 10.2 Å². The molecular formula is C13H23N3. The minimum atomic E-state index is 0.265. The Balaban J connectivity index is 1.62. The minimum absolute atomic E-state index is 0.265. The Bertz CT molecular complexity index is 240. The van der Waals surface area contributed by atoms with E-state index in [0.29, 0.717) is 6.04 Å². The Labute approximate surface area is 98.8 Å². The van der Waals surface area contributed by atoms with E-state index in [-0.39, 0.29) is 5.92 Å². The Hall–Kier alpha value is -0.590. The highest BCUT2D eigenvalue weighted by molar-refractivity contribution is 4.96. The van der Waals surface area contributed by atoms with E-state index in [2.05, 4.69) is 16.3 Å². The molecule has 0 bridgehead atoms. The van der Waals surface area contributed by atoms with Gasteiger partial charge in [-0.25, -0.2) is 0 Å². The predicted octanol–water partition coefficient (Wildman–Crippen LogP) is 1.75. The molecule has 0 aromatic carbocycles. The third kappa shape index (κ3) is 3.20. The van der Waals surface area contributed by atoms with E-state index in [1.165, 1.54) is 45.2 Å². The van der Waals surface area contributed by atoms with Crippen molar-refractivity contribution < 1.29 is 0 Å². The maximum atomic E-state index is 8.98. The molecule has 1 N–H and O–H groups in total. The van der Waals surface area contributed by atoms with E-state index in [0.717, 1.165) is 19.5 Å². The van der Waals surface area contributed by atoms with Crippen molar-refractivity contribution in [2.45, 2.75) is 44.6 Å². The van der Waals surface area contributed by atoms with E-state index >= 15 is 0 Å². The molecule has 2 atom stereocenters. The second kappa shape index (κ2) is 6.22. The first kappa shape index (κ1) is 11.9. The summed E-state index contributed by atoms with van der Waals surface area (Å²) >= 11 is 0. The zero-order valence-electron chi connectivity index (χ0n) is 10.1. The second-order valence-electron chi connectivity index (χ2n) is 5.13. The largest absolute Gasteiger partial charge is 0.311 e. The van der Waals surface area contributed by atoms with Gasteiger partial charge < -0.3 is 10.2 Å². The van der Waals surface area contributed by atoms with E-state index in [1.54, 1.807) is 0 Å². The fraction of sp³-hybridized carbons (Fsp3) is 0.923. The van der Waals surface area contributed by atoms with Gasteiger partial charge in [0, 0.05) is 19.1 Å². The number of likely N-dealkylation sites (tertiary alicyclic amines) is 1. The molecule has 0 radical (unpaired) electrons. The molecule has 1 aliphatic heterocycles. The maximum Gasteiger partial charge on any atom is 0.0672 e. The van der Waals surface area contributed by atoms with Crippen LogP contribution in [0.4, 0.5) is 0 Å². The molecule has 90 valence electrons. The highest BCUT2D eigenvalue weighted by Gasteiger charge is 2.26. The van der Waals surface area contributed by atoms with Crippen LogP contribution in [0.3, 0.4) is 0 Å². The number of nitriles is 1. The number of piperidine rings is 1. The maximum absolute atomic E-state index is 8.98. The SMILES string of the molecule is N#CC1CCCC1NCCN1CCCCC1. The summed E-state index contributed by atoms with van der Waals surface area (Å²) in [5, 5.41) is 12.5. The molecule has 1 heterocycles. The predicted molar refractivity (Wildman–Crippen MR) is 65.0 cm³/mol. The first-order valence-corrected chi connectivity index (χ1v) is 6.75. The summed E-state index contributed by atoms with van der Waals surface area (Å²) in [4.78, 5) is 2.55. The number of nitrogens with zero attached hydrogens (tertiary/aromatic N) is 2. The highest BCUT2D eigenvalue weighted by Crippen LogP contribution is 2.24. The van der Waals surface area contributed by atoms with Crippen LogP contribution in [0.2, 0.25) is 0 Å². The summed E-state index contributed by atoms with van der Waals surface area (Å²) in [6, 6.07) is 2.89. The standard InChI is InChI=1S/C13H23N3/c14-11-12-5-4-6-13(12)15-7-10-16-8-2-1-3-9-16/h12-13,15H,1-10H2. The average Bonchev–Trinajstić information content (AvgIpc) is 2.78. The molecule has 2 rings (SSSR count). The molecule has 1 saturated heterocycles. The molecule has 2 fully saturated rings. The summed E-state index contributed by atoms with van der Waals surface area (Å²) in [6.07, 6.45) is 7.65. The molecule has 0 aromatic rings. The van der Waals surface area contributed by atoms with E-state index in [4.69, 9.17) is 5.26 Å². The van der Waals surface area contributed by atoms with Gasteiger partial charge >= 0.3 is 0 Å². The van der Waals surface area contributed by atoms with Crippen LogP contribution >= 0.6 is 0 Å². The summed E-state index contributed by atoms with van der Waals surface area (Å²) in [7, 11) is 0. The van der Waals surface area contributed by atoms with Crippen LogP contribution in [0.5, 0.6) is 0 Å². The van der Waals surface area contributed by atoms with E-state index in [1.807, 2.05) is 0 Å². The van der Waals surface area contributed by atoms with Gasteiger partial charge in [-0.3, -0.25) is 0 Å². The first-order valence-electron chi connectivity index (χ1n) is 6.75.